The molecule has 1 aliphatic heterocycles. The number of hydrogen-bond donors (Lipinski definition) is 1. The zero-order valence-electron chi connectivity index (χ0n) is 10.7. The lowest BCUT2D eigenvalue weighted by Crippen LogP contribution is -2.49. The van der Waals surface area contributed by atoms with Gasteiger partial charge in [0.1, 0.15) is 5.76 Å². The summed E-state index contributed by atoms with van der Waals surface area (Å²) in [5, 5.41) is 3.17. The fourth-order valence-electron chi connectivity index (χ4n) is 2.34. The van der Waals surface area contributed by atoms with Gasteiger partial charge < -0.3 is 14.5 Å². The average Bonchev–Trinajstić information content (AvgIpc) is 2.83. The van der Waals surface area contributed by atoms with Crippen LogP contribution in [0.5, 0.6) is 0 Å². The summed E-state index contributed by atoms with van der Waals surface area (Å²) in [4.78, 5) is 2.48. The fourth-order valence-corrected chi connectivity index (χ4v) is 2.34. The summed E-state index contributed by atoms with van der Waals surface area (Å²) in [5.74, 6) is 1.06. The van der Waals surface area contributed by atoms with E-state index in [9.17, 15) is 0 Å². The van der Waals surface area contributed by atoms with Gasteiger partial charge in [-0.1, -0.05) is 0 Å². The van der Waals surface area contributed by atoms with E-state index in [2.05, 4.69) is 17.1 Å². The van der Waals surface area contributed by atoms with Crippen molar-refractivity contribution >= 4 is 0 Å². The number of nitrogens with one attached hydrogen (secondary N) is 1. The van der Waals surface area contributed by atoms with Crippen molar-refractivity contribution in [1.82, 2.24) is 10.2 Å². The van der Waals surface area contributed by atoms with E-state index >= 15 is 0 Å². The molecule has 1 fully saturated rings. The van der Waals surface area contributed by atoms with Gasteiger partial charge in [0.05, 0.1) is 19.0 Å². The Kier molecular flexibility index (Phi) is 4.59. The predicted octanol–water partition coefficient (Wildman–Crippen LogP) is 1.13. The van der Waals surface area contributed by atoms with Crippen molar-refractivity contribution in [3.05, 3.63) is 24.2 Å². The maximum atomic E-state index is 5.71. The van der Waals surface area contributed by atoms with Gasteiger partial charge in [0, 0.05) is 32.1 Å². The first-order valence-corrected chi connectivity index (χ1v) is 6.32. The molecule has 0 amide bonds. The predicted molar refractivity (Wildman–Crippen MR) is 67.1 cm³/mol. The van der Waals surface area contributed by atoms with E-state index in [0.29, 0.717) is 12.1 Å². The van der Waals surface area contributed by atoms with Crippen molar-refractivity contribution in [3.8, 4) is 0 Å². The van der Waals surface area contributed by atoms with E-state index in [4.69, 9.17) is 9.15 Å². The Morgan fingerprint density at radius 3 is 3.18 bits per heavy atom. The monoisotopic (exact) mass is 238 g/mol. The SMILES string of the molecule is CNCC1CN(C(C)Cc2ccco2)CCO1. The van der Waals surface area contributed by atoms with Crippen molar-refractivity contribution in [3.63, 3.8) is 0 Å². The molecule has 4 nitrogen and oxygen atoms in total. The topological polar surface area (TPSA) is 37.6 Å². The van der Waals surface area contributed by atoms with Crippen LogP contribution in [0.2, 0.25) is 0 Å². The molecule has 0 spiro atoms. The summed E-state index contributed by atoms with van der Waals surface area (Å²) in [7, 11) is 1.97. The molecule has 0 bridgehead atoms. The van der Waals surface area contributed by atoms with Crippen LogP contribution in [0, 0.1) is 0 Å². The zero-order chi connectivity index (χ0) is 12.1. The summed E-state index contributed by atoms with van der Waals surface area (Å²) in [5.41, 5.74) is 0. The lowest BCUT2D eigenvalue weighted by Gasteiger charge is -2.36. The fraction of sp³-hybridized carbons (Fsp3) is 0.692. The quantitative estimate of drug-likeness (QED) is 0.834. The lowest BCUT2D eigenvalue weighted by molar-refractivity contribution is -0.0392. The van der Waals surface area contributed by atoms with Crippen LogP contribution in [0.1, 0.15) is 12.7 Å². The number of morpholine rings is 1. The summed E-state index contributed by atoms with van der Waals surface area (Å²) in [6.07, 6.45) is 3.03. The molecular formula is C13H22N2O2. The van der Waals surface area contributed by atoms with Crippen molar-refractivity contribution < 1.29 is 9.15 Å². The highest BCUT2D eigenvalue weighted by molar-refractivity contribution is 5.00. The normalized spacial score (nSPS) is 23.8. The van der Waals surface area contributed by atoms with Crippen molar-refractivity contribution in [2.24, 2.45) is 0 Å². The molecule has 96 valence electrons. The standard InChI is InChI=1S/C13H22N2O2/c1-11(8-12-4-3-6-16-12)15-5-7-17-13(10-15)9-14-2/h3-4,6,11,13-14H,5,7-10H2,1-2H3. The smallest absolute Gasteiger partial charge is 0.105 e. The Labute approximate surface area is 103 Å². The molecule has 1 N–H and O–H groups in total. The highest BCUT2D eigenvalue weighted by atomic mass is 16.5. The van der Waals surface area contributed by atoms with Crippen LogP contribution in [0.4, 0.5) is 0 Å². The average molecular weight is 238 g/mol. The lowest BCUT2D eigenvalue weighted by atomic mass is 10.1. The number of ether oxygens (including phenoxy) is 1. The third kappa shape index (κ3) is 3.56. The third-order valence-corrected chi connectivity index (χ3v) is 3.30. The maximum Gasteiger partial charge on any atom is 0.105 e. The second kappa shape index (κ2) is 6.19. The number of hydrogen-bond acceptors (Lipinski definition) is 4. The van der Waals surface area contributed by atoms with Gasteiger partial charge in [0.15, 0.2) is 0 Å². The Morgan fingerprint density at radius 2 is 2.47 bits per heavy atom. The number of nitrogens with zero attached hydrogens (tertiary/aromatic N) is 1. The van der Waals surface area contributed by atoms with Crippen molar-refractivity contribution in [2.45, 2.75) is 25.5 Å². The van der Waals surface area contributed by atoms with Gasteiger partial charge in [-0.25, -0.2) is 0 Å². The molecule has 1 saturated heterocycles. The van der Waals surface area contributed by atoms with Gasteiger partial charge in [-0.15, -0.1) is 0 Å². The minimum atomic E-state index is 0.313. The van der Waals surface area contributed by atoms with Crippen LogP contribution in [0.3, 0.4) is 0 Å². The molecule has 1 aromatic rings. The van der Waals surface area contributed by atoms with Crippen LogP contribution >= 0.6 is 0 Å². The first-order chi connectivity index (χ1) is 8.29. The molecule has 0 saturated carbocycles. The van der Waals surface area contributed by atoms with Crippen LogP contribution in [-0.4, -0.2) is 50.3 Å². The van der Waals surface area contributed by atoms with E-state index in [-0.39, 0.29) is 0 Å². The molecule has 2 atom stereocenters. The van der Waals surface area contributed by atoms with Gasteiger partial charge in [-0.3, -0.25) is 4.90 Å². The van der Waals surface area contributed by atoms with Crippen molar-refractivity contribution in [2.75, 3.05) is 33.3 Å². The number of rotatable bonds is 5. The molecule has 2 unspecified atom stereocenters. The van der Waals surface area contributed by atoms with Crippen LogP contribution < -0.4 is 5.32 Å². The minimum Gasteiger partial charge on any atom is -0.469 e. The number of likely N-dealkylation sites (N-methyl/N-ethyl adjacent to an activating group) is 1. The molecule has 1 aliphatic rings. The summed E-state index contributed by atoms with van der Waals surface area (Å²) in [6.45, 7) is 6.02. The molecule has 17 heavy (non-hydrogen) atoms. The van der Waals surface area contributed by atoms with Crippen LogP contribution in [0.15, 0.2) is 22.8 Å². The molecule has 1 aromatic heterocycles. The van der Waals surface area contributed by atoms with E-state index in [0.717, 1.165) is 38.4 Å². The van der Waals surface area contributed by atoms with E-state index < -0.39 is 0 Å². The van der Waals surface area contributed by atoms with E-state index in [1.807, 2.05) is 19.2 Å². The summed E-state index contributed by atoms with van der Waals surface area (Å²) >= 11 is 0. The Balaban J connectivity index is 1.84. The highest BCUT2D eigenvalue weighted by Crippen LogP contribution is 2.13. The first-order valence-electron chi connectivity index (χ1n) is 6.32. The van der Waals surface area contributed by atoms with Crippen LogP contribution in [-0.2, 0) is 11.2 Å². The van der Waals surface area contributed by atoms with Gasteiger partial charge >= 0.3 is 0 Å². The largest absolute Gasteiger partial charge is 0.469 e. The second-order valence-corrected chi connectivity index (χ2v) is 4.68. The third-order valence-electron chi connectivity index (χ3n) is 3.30. The summed E-state index contributed by atoms with van der Waals surface area (Å²) < 4.78 is 11.1. The molecule has 2 rings (SSSR count). The molecule has 0 aliphatic carbocycles. The second-order valence-electron chi connectivity index (χ2n) is 4.68. The van der Waals surface area contributed by atoms with E-state index in [1.165, 1.54) is 0 Å². The molecular weight excluding hydrogens is 216 g/mol. The molecule has 0 aromatic carbocycles. The Morgan fingerprint density at radius 1 is 1.59 bits per heavy atom. The Bertz CT molecular complexity index is 311. The van der Waals surface area contributed by atoms with Gasteiger partial charge in [-0.05, 0) is 26.1 Å². The first kappa shape index (κ1) is 12.6. The molecule has 4 heteroatoms. The number of furan rings is 1. The maximum absolute atomic E-state index is 5.71. The van der Waals surface area contributed by atoms with Gasteiger partial charge in [0.2, 0.25) is 0 Å². The van der Waals surface area contributed by atoms with Gasteiger partial charge in [-0.2, -0.15) is 0 Å². The van der Waals surface area contributed by atoms with Gasteiger partial charge in [0.25, 0.3) is 0 Å². The molecule has 0 radical (unpaired) electrons. The van der Waals surface area contributed by atoms with Crippen LogP contribution in [0.25, 0.3) is 0 Å². The minimum absolute atomic E-state index is 0.313. The summed E-state index contributed by atoms with van der Waals surface area (Å²) in [6, 6.07) is 4.50. The van der Waals surface area contributed by atoms with Crippen molar-refractivity contribution in [1.29, 1.82) is 0 Å². The highest BCUT2D eigenvalue weighted by Gasteiger charge is 2.24. The van der Waals surface area contributed by atoms with E-state index in [1.54, 1.807) is 6.26 Å². The zero-order valence-corrected chi connectivity index (χ0v) is 10.7. The molecule has 2 heterocycles. The Hall–Kier alpha value is -0.840.